The quantitative estimate of drug-likeness (QED) is 0.231. The van der Waals surface area contributed by atoms with Gasteiger partial charge in [-0.05, 0) is 86.6 Å². The minimum Gasteiger partial charge on any atom is -0.468 e. The largest absolute Gasteiger partial charge is 0.468 e. The Morgan fingerprint density at radius 3 is 2.55 bits per heavy atom. The zero-order valence-electron chi connectivity index (χ0n) is 25.0. The van der Waals surface area contributed by atoms with Gasteiger partial charge in [0.2, 0.25) is 15.9 Å². The maximum atomic E-state index is 13.5. The van der Waals surface area contributed by atoms with E-state index in [4.69, 9.17) is 21.1 Å². The number of morpholine rings is 1. The number of carbonyl (C=O) groups excluding carboxylic acids is 2. The summed E-state index contributed by atoms with van der Waals surface area (Å²) in [4.78, 5) is 26.0. The fourth-order valence-electron chi connectivity index (χ4n) is 6.84. The van der Waals surface area contributed by atoms with E-state index in [1.807, 2.05) is 40.8 Å². The molecule has 1 saturated heterocycles. The maximum Gasteiger partial charge on any atom is 0.293 e. The van der Waals surface area contributed by atoms with Gasteiger partial charge in [-0.25, -0.2) is 13.1 Å². The Morgan fingerprint density at radius 2 is 1.84 bits per heavy atom. The Bertz CT molecular complexity index is 1610. The van der Waals surface area contributed by atoms with E-state index in [9.17, 15) is 18.0 Å². The summed E-state index contributed by atoms with van der Waals surface area (Å²) >= 11 is 6.83. The van der Waals surface area contributed by atoms with E-state index >= 15 is 0 Å². The lowest BCUT2D eigenvalue weighted by Crippen LogP contribution is -2.52. The van der Waals surface area contributed by atoms with E-state index in [1.54, 1.807) is 18.2 Å². The molecule has 6 rings (SSSR count). The predicted octanol–water partition coefficient (Wildman–Crippen LogP) is 5.08. The number of sulfonamides is 1. The van der Waals surface area contributed by atoms with Crippen LogP contribution in [-0.4, -0.2) is 68.7 Å². The summed E-state index contributed by atoms with van der Waals surface area (Å²) in [6.07, 6.45) is 6.51. The first kappa shape index (κ1) is 31.1. The van der Waals surface area contributed by atoms with Crippen LogP contribution in [0.25, 0.3) is 22.2 Å². The normalized spacial score (nSPS) is 22.7. The summed E-state index contributed by atoms with van der Waals surface area (Å²) in [6, 6.07) is 13.1. The first-order chi connectivity index (χ1) is 21.3. The summed E-state index contributed by atoms with van der Waals surface area (Å²) in [5, 5.41) is 1.35. The smallest absolute Gasteiger partial charge is 0.293 e. The number of nitrogens with zero attached hydrogens (tertiary/aromatic N) is 2. The number of amides is 1. The molecule has 2 aromatic carbocycles. The zero-order valence-corrected chi connectivity index (χ0v) is 26.6. The molecule has 1 N–H and O–H groups in total. The highest BCUT2D eigenvalue weighted by Crippen LogP contribution is 2.39. The Hall–Kier alpha value is -2.92. The molecule has 0 radical (unpaired) electrons. The van der Waals surface area contributed by atoms with Crippen LogP contribution in [0.3, 0.4) is 0 Å². The first-order valence-corrected chi connectivity index (χ1v) is 17.5. The molecule has 0 unspecified atom stereocenters. The van der Waals surface area contributed by atoms with Gasteiger partial charge in [-0.15, -0.1) is 0 Å². The molecule has 236 valence electrons. The highest BCUT2D eigenvalue weighted by Gasteiger charge is 2.41. The van der Waals surface area contributed by atoms with Crippen molar-refractivity contribution in [2.24, 2.45) is 18.9 Å². The van der Waals surface area contributed by atoms with Crippen molar-refractivity contribution >= 4 is 44.9 Å². The molecule has 2 saturated carbocycles. The van der Waals surface area contributed by atoms with Crippen molar-refractivity contribution in [3.05, 3.63) is 53.1 Å². The van der Waals surface area contributed by atoms with E-state index in [1.165, 1.54) is 12.8 Å². The molecule has 0 spiro atoms. The number of carbonyl (C=O) groups is 2. The second kappa shape index (κ2) is 13.2. The minimum atomic E-state index is -3.78. The number of aryl methyl sites for hydroxylation is 2. The van der Waals surface area contributed by atoms with Crippen LogP contribution in [0, 0.1) is 11.8 Å². The third-order valence-electron chi connectivity index (χ3n) is 9.46. The summed E-state index contributed by atoms with van der Waals surface area (Å²) in [7, 11) is -1.89. The molecule has 44 heavy (non-hydrogen) atoms. The number of hydrogen-bond donors (Lipinski definition) is 1. The SMILES string of the molecule is Cn1c(-c2ccc(CCCOC=O)cc2)c(Cl)c2ccc(S(=O)(=O)N[C@H]3CC[C@H](C(=O)N4CCOC[C@@H]4C4CC4)CC3)cc21. The maximum absolute atomic E-state index is 13.5. The second-order valence-corrected chi connectivity index (χ2v) is 14.4. The molecule has 1 amide bonds. The van der Waals surface area contributed by atoms with Crippen molar-refractivity contribution in [2.45, 2.75) is 68.3 Å². The van der Waals surface area contributed by atoms with Gasteiger partial charge in [0.05, 0.1) is 47.0 Å². The van der Waals surface area contributed by atoms with Gasteiger partial charge in [0.15, 0.2) is 0 Å². The van der Waals surface area contributed by atoms with E-state index in [0.717, 1.165) is 40.6 Å². The molecule has 1 aromatic heterocycles. The van der Waals surface area contributed by atoms with Gasteiger partial charge in [-0.1, -0.05) is 35.9 Å². The summed E-state index contributed by atoms with van der Waals surface area (Å²) in [6.45, 7) is 2.73. The number of halogens is 1. The number of nitrogens with one attached hydrogen (secondary N) is 1. The minimum absolute atomic E-state index is 0.0547. The van der Waals surface area contributed by atoms with Gasteiger partial charge in [0.25, 0.3) is 6.47 Å². The topological polar surface area (TPSA) is 107 Å². The highest BCUT2D eigenvalue weighted by molar-refractivity contribution is 7.89. The fraction of sp³-hybridized carbons (Fsp3) is 0.515. The average Bonchev–Trinajstić information content (AvgIpc) is 3.86. The van der Waals surface area contributed by atoms with Crippen LogP contribution in [0.15, 0.2) is 47.4 Å². The third-order valence-corrected chi connectivity index (χ3v) is 11.4. The Labute approximate surface area is 263 Å². The number of aromatic nitrogens is 1. The molecule has 0 bridgehead atoms. The van der Waals surface area contributed by atoms with Gasteiger partial charge < -0.3 is 18.9 Å². The van der Waals surface area contributed by atoms with Crippen LogP contribution < -0.4 is 4.72 Å². The van der Waals surface area contributed by atoms with Crippen molar-refractivity contribution < 1.29 is 27.5 Å². The van der Waals surface area contributed by atoms with Crippen molar-refractivity contribution in [1.82, 2.24) is 14.2 Å². The lowest BCUT2D eigenvalue weighted by Gasteiger charge is -2.39. The number of rotatable bonds is 11. The van der Waals surface area contributed by atoms with E-state index in [2.05, 4.69) is 4.72 Å². The van der Waals surface area contributed by atoms with Gasteiger partial charge in [-0.2, -0.15) is 0 Å². The van der Waals surface area contributed by atoms with E-state index in [0.29, 0.717) is 69.5 Å². The predicted molar refractivity (Wildman–Crippen MR) is 169 cm³/mol. The number of ether oxygens (including phenoxy) is 2. The monoisotopic (exact) mass is 641 g/mol. The van der Waals surface area contributed by atoms with Crippen molar-refractivity contribution in [1.29, 1.82) is 0 Å². The van der Waals surface area contributed by atoms with Crippen molar-refractivity contribution in [3.8, 4) is 11.3 Å². The van der Waals surface area contributed by atoms with E-state index < -0.39 is 10.0 Å². The average molecular weight is 642 g/mol. The lowest BCUT2D eigenvalue weighted by molar-refractivity contribution is -0.146. The van der Waals surface area contributed by atoms with Gasteiger partial charge in [0.1, 0.15) is 0 Å². The standard InChI is InChI=1S/C33H40ClN3O6S/c1-36-29-19-27(14-15-28(29)31(34)32(36)24-6-4-22(5-7-24)3-2-17-43-21-38)44(40,41)35-26-12-10-25(11-13-26)33(39)37-16-18-42-20-30(37)23-8-9-23/h4-7,14-15,19,21,23,25-26,30,35H,2-3,8-13,16-18,20H2,1H3/t25-,26-,30-/m1/s1. The van der Waals surface area contributed by atoms with Gasteiger partial charge >= 0.3 is 0 Å². The highest BCUT2D eigenvalue weighted by atomic mass is 35.5. The van der Waals surface area contributed by atoms with Crippen molar-refractivity contribution in [3.63, 3.8) is 0 Å². The first-order valence-electron chi connectivity index (χ1n) is 15.6. The molecule has 2 aliphatic carbocycles. The van der Waals surface area contributed by atoms with Crippen molar-refractivity contribution in [2.75, 3.05) is 26.4 Å². The van der Waals surface area contributed by atoms with Crippen LogP contribution in [0.4, 0.5) is 0 Å². The number of benzene rings is 2. The zero-order chi connectivity index (χ0) is 30.8. The molecule has 9 nitrogen and oxygen atoms in total. The molecule has 2 heterocycles. The van der Waals surface area contributed by atoms with Crippen LogP contribution >= 0.6 is 11.6 Å². The molecule has 3 fully saturated rings. The number of fused-ring (bicyclic) bond motifs is 1. The van der Waals surface area contributed by atoms with E-state index in [-0.39, 0.29) is 28.8 Å². The molecular weight excluding hydrogens is 602 g/mol. The van der Waals surface area contributed by atoms with Crippen LogP contribution in [0.1, 0.15) is 50.5 Å². The third kappa shape index (κ3) is 6.54. The Kier molecular flexibility index (Phi) is 9.33. The molecular formula is C33H40ClN3O6S. The molecule has 3 aliphatic rings. The molecule has 11 heteroatoms. The summed E-state index contributed by atoms with van der Waals surface area (Å²) in [5.41, 5.74) is 3.59. The Balaban J connectivity index is 1.11. The molecule has 3 aromatic rings. The summed E-state index contributed by atoms with van der Waals surface area (Å²) in [5.74, 6) is 0.732. The van der Waals surface area contributed by atoms with Crippen LogP contribution in [-0.2, 0) is 42.6 Å². The van der Waals surface area contributed by atoms with Crippen LogP contribution in [0.2, 0.25) is 5.02 Å². The lowest BCUT2D eigenvalue weighted by atomic mass is 9.85. The Morgan fingerprint density at radius 1 is 1.09 bits per heavy atom. The molecule has 1 aliphatic heterocycles. The fourth-order valence-corrected chi connectivity index (χ4v) is 8.56. The van der Waals surface area contributed by atoms with Gasteiger partial charge in [-0.3, -0.25) is 9.59 Å². The second-order valence-electron chi connectivity index (χ2n) is 12.3. The van der Waals surface area contributed by atoms with Crippen LogP contribution in [0.5, 0.6) is 0 Å². The summed E-state index contributed by atoms with van der Waals surface area (Å²) < 4.78 is 42.3. The van der Waals surface area contributed by atoms with Gasteiger partial charge in [0, 0.05) is 30.9 Å². The molecule has 1 atom stereocenters. The number of hydrogen-bond acceptors (Lipinski definition) is 6.